The van der Waals surface area contributed by atoms with Crippen molar-refractivity contribution in [2.24, 2.45) is 0 Å². The van der Waals surface area contributed by atoms with Crippen LogP contribution in [-0.4, -0.2) is 36.8 Å². The van der Waals surface area contributed by atoms with E-state index in [1.807, 2.05) is 6.92 Å². The summed E-state index contributed by atoms with van der Waals surface area (Å²) in [5.74, 6) is 1.77. The first-order chi connectivity index (χ1) is 11.6. The molecule has 0 unspecified atom stereocenters. The van der Waals surface area contributed by atoms with Crippen molar-refractivity contribution in [3.63, 3.8) is 0 Å². The summed E-state index contributed by atoms with van der Waals surface area (Å²) in [6.07, 6.45) is 2.92. The SMILES string of the molecule is COC[C@H](C)Nc1cc(=O)c2cc(-c3cnco3)c(OC)cc2[nH]1. The van der Waals surface area contributed by atoms with Gasteiger partial charge in [0.05, 0.1) is 31.0 Å². The lowest BCUT2D eigenvalue weighted by molar-refractivity contribution is 0.190. The van der Waals surface area contributed by atoms with E-state index in [2.05, 4.69) is 15.3 Å². The van der Waals surface area contributed by atoms with Crippen LogP contribution in [-0.2, 0) is 4.74 Å². The first-order valence-corrected chi connectivity index (χ1v) is 7.51. The number of nitrogens with one attached hydrogen (secondary N) is 2. The molecule has 2 N–H and O–H groups in total. The molecule has 1 atom stereocenters. The molecule has 0 radical (unpaired) electrons. The summed E-state index contributed by atoms with van der Waals surface area (Å²) in [7, 11) is 3.21. The summed E-state index contributed by atoms with van der Waals surface area (Å²) in [4.78, 5) is 19.6. The minimum absolute atomic E-state index is 0.0680. The van der Waals surface area contributed by atoms with E-state index in [0.717, 1.165) is 0 Å². The third-order valence-corrected chi connectivity index (χ3v) is 3.67. The van der Waals surface area contributed by atoms with Gasteiger partial charge in [-0.2, -0.15) is 0 Å². The maximum Gasteiger partial charge on any atom is 0.191 e. The molecule has 0 bridgehead atoms. The molecule has 7 nitrogen and oxygen atoms in total. The lowest BCUT2D eigenvalue weighted by Gasteiger charge is -2.15. The number of pyridine rings is 1. The van der Waals surface area contributed by atoms with Crippen LogP contribution in [0.5, 0.6) is 5.75 Å². The van der Waals surface area contributed by atoms with Gasteiger partial charge < -0.3 is 24.2 Å². The van der Waals surface area contributed by atoms with Gasteiger partial charge in [0.25, 0.3) is 0 Å². The number of aromatic amines is 1. The van der Waals surface area contributed by atoms with E-state index in [-0.39, 0.29) is 11.5 Å². The Labute approximate surface area is 138 Å². The fraction of sp³-hybridized carbons (Fsp3) is 0.294. The van der Waals surface area contributed by atoms with Crippen molar-refractivity contribution in [2.75, 3.05) is 26.1 Å². The molecule has 0 aliphatic carbocycles. The molecule has 0 saturated heterocycles. The molecule has 3 rings (SSSR count). The highest BCUT2D eigenvalue weighted by Crippen LogP contribution is 2.32. The lowest BCUT2D eigenvalue weighted by atomic mass is 10.1. The van der Waals surface area contributed by atoms with Gasteiger partial charge in [-0.1, -0.05) is 0 Å². The van der Waals surface area contributed by atoms with E-state index < -0.39 is 0 Å². The summed E-state index contributed by atoms with van der Waals surface area (Å²) < 4.78 is 15.8. The van der Waals surface area contributed by atoms with Crippen LogP contribution in [0.25, 0.3) is 22.2 Å². The molecular formula is C17H19N3O4. The van der Waals surface area contributed by atoms with Crippen molar-refractivity contribution in [3.05, 3.63) is 41.0 Å². The Kier molecular flexibility index (Phi) is 4.52. The van der Waals surface area contributed by atoms with Crippen molar-refractivity contribution in [3.8, 4) is 17.1 Å². The molecule has 0 aliphatic rings. The molecule has 24 heavy (non-hydrogen) atoms. The molecule has 3 aromatic rings. The molecule has 1 aromatic carbocycles. The number of H-pyrrole nitrogens is 1. The summed E-state index contributed by atoms with van der Waals surface area (Å²) in [5.41, 5.74) is 1.26. The first-order valence-electron chi connectivity index (χ1n) is 7.51. The Balaban J connectivity index is 2.08. The number of hydrogen-bond donors (Lipinski definition) is 2. The van der Waals surface area contributed by atoms with Gasteiger partial charge in [0, 0.05) is 30.7 Å². The number of nitrogens with zero attached hydrogens (tertiary/aromatic N) is 1. The van der Waals surface area contributed by atoms with Crippen molar-refractivity contribution in [1.82, 2.24) is 9.97 Å². The topological polar surface area (TPSA) is 89.4 Å². The Hall–Kier alpha value is -2.80. The Morgan fingerprint density at radius 2 is 2.17 bits per heavy atom. The van der Waals surface area contributed by atoms with Gasteiger partial charge in [-0.05, 0) is 13.0 Å². The quantitative estimate of drug-likeness (QED) is 0.722. The second-order valence-corrected chi connectivity index (χ2v) is 5.51. The molecule has 0 spiro atoms. The number of methoxy groups -OCH3 is 2. The van der Waals surface area contributed by atoms with Crippen molar-refractivity contribution >= 4 is 16.7 Å². The molecule has 7 heteroatoms. The third-order valence-electron chi connectivity index (χ3n) is 3.67. The number of aromatic nitrogens is 2. The molecule has 0 aliphatic heterocycles. The first kappa shape index (κ1) is 16.1. The molecular weight excluding hydrogens is 310 g/mol. The fourth-order valence-electron chi connectivity index (χ4n) is 2.62. The molecule has 126 valence electrons. The average Bonchev–Trinajstić information content (AvgIpc) is 3.08. The summed E-state index contributed by atoms with van der Waals surface area (Å²) >= 11 is 0. The molecule has 0 saturated carbocycles. The highest BCUT2D eigenvalue weighted by Gasteiger charge is 2.14. The minimum atomic E-state index is -0.0979. The van der Waals surface area contributed by atoms with Crippen LogP contribution in [0.4, 0.5) is 5.82 Å². The second-order valence-electron chi connectivity index (χ2n) is 5.51. The molecule has 2 aromatic heterocycles. The normalized spacial score (nSPS) is 12.3. The number of oxazole rings is 1. The summed E-state index contributed by atoms with van der Waals surface area (Å²) in [6.45, 7) is 2.51. The van der Waals surface area contributed by atoms with Crippen LogP contribution in [0.3, 0.4) is 0 Å². The number of rotatable bonds is 6. The number of ether oxygens (including phenoxy) is 2. The standard InChI is InChI=1S/C17H19N3O4/c1-10(8-22-2)19-17-6-14(21)11-4-12(16-7-18-9-24-16)15(23-3)5-13(11)20-17/h4-7,9-10H,8H2,1-3H3,(H2,19,20,21)/t10-/m0/s1. The van der Waals surface area contributed by atoms with Crippen LogP contribution < -0.4 is 15.5 Å². The largest absolute Gasteiger partial charge is 0.496 e. The zero-order chi connectivity index (χ0) is 17.1. The minimum Gasteiger partial charge on any atom is -0.496 e. The average molecular weight is 329 g/mol. The van der Waals surface area contributed by atoms with E-state index in [0.29, 0.717) is 40.4 Å². The monoisotopic (exact) mass is 329 g/mol. The smallest absolute Gasteiger partial charge is 0.191 e. The van der Waals surface area contributed by atoms with E-state index >= 15 is 0 Å². The third kappa shape index (κ3) is 3.11. The van der Waals surface area contributed by atoms with E-state index in [9.17, 15) is 4.79 Å². The number of anilines is 1. The van der Waals surface area contributed by atoms with Gasteiger partial charge in [0.1, 0.15) is 11.6 Å². The lowest BCUT2D eigenvalue weighted by Crippen LogP contribution is -2.22. The Morgan fingerprint density at radius 1 is 1.33 bits per heavy atom. The van der Waals surface area contributed by atoms with Crippen molar-refractivity contribution in [1.29, 1.82) is 0 Å². The molecule has 0 fully saturated rings. The van der Waals surface area contributed by atoms with Gasteiger partial charge in [0.2, 0.25) is 0 Å². The Morgan fingerprint density at radius 3 is 2.83 bits per heavy atom. The zero-order valence-corrected chi connectivity index (χ0v) is 13.8. The highest BCUT2D eigenvalue weighted by molar-refractivity contribution is 5.88. The van der Waals surface area contributed by atoms with Crippen LogP contribution >= 0.6 is 0 Å². The predicted octanol–water partition coefficient (Wildman–Crippen LogP) is 2.64. The maximum atomic E-state index is 12.5. The highest BCUT2D eigenvalue weighted by atomic mass is 16.5. The van der Waals surface area contributed by atoms with Crippen molar-refractivity contribution < 1.29 is 13.9 Å². The zero-order valence-electron chi connectivity index (χ0n) is 13.8. The molecule has 0 amide bonds. The molecule has 2 heterocycles. The van der Waals surface area contributed by atoms with Crippen molar-refractivity contribution in [2.45, 2.75) is 13.0 Å². The van der Waals surface area contributed by atoms with Gasteiger partial charge in [-0.3, -0.25) is 4.79 Å². The van der Waals surface area contributed by atoms with Crippen LogP contribution in [0, 0.1) is 0 Å². The predicted molar refractivity (Wildman–Crippen MR) is 91.6 cm³/mol. The second kappa shape index (κ2) is 6.76. The Bertz CT molecular complexity index is 887. The van der Waals surface area contributed by atoms with E-state index in [4.69, 9.17) is 13.9 Å². The van der Waals surface area contributed by atoms with Gasteiger partial charge in [-0.15, -0.1) is 0 Å². The van der Waals surface area contributed by atoms with Crippen LogP contribution in [0.1, 0.15) is 6.92 Å². The van der Waals surface area contributed by atoms with E-state index in [1.54, 1.807) is 32.5 Å². The van der Waals surface area contributed by atoms with E-state index in [1.165, 1.54) is 12.5 Å². The number of hydrogen-bond acceptors (Lipinski definition) is 6. The van der Waals surface area contributed by atoms with Gasteiger partial charge in [-0.25, -0.2) is 4.98 Å². The summed E-state index contributed by atoms with van der Waals surface area (Å²) in [5, 5.41) is 3.75. The van der Waals surface area contributed by atoms with Gasteiger partial charge in [0.15, 0.2) is 17.6 Å². The maximum absolute atomic E-state index is 12.5. The van der Waals surface area contributed by atoms with Crippen LogP contribution in [0.15, 0.2) is 40.0 Å². The fourth-order valence-corrected chi connectivity index (χ4v) is 2.62. The number of benzene rings is 1. The number of fused-ring (bicyclic) bond motifs is 1. The van der Waals surface area contributed by atoms with Gasteiger partial charge >= 0.3 is 0 Å². The van der Waals surface area contributed by atoms with Crippen LogP contribution in [0.2, 0.25) is 0 Å². The summed E-state index contributed by atoms with van der Waals surface area (Å²) in [6, 6.07) is 5.13.